The van der Waals surface area contributed by atoms with Gasteiger partial charge in [0.25, 0.3) is 0 Å². The van der Waals surface area contributed by atoms with E-state index in [0.717, 1.165) is 11.5 Å². The predicted octanol–water partition coefficient (Wildman–Crippen LogP) is 0.158. The van der Waals surface area contributed by atoms with E-state index in [1.165, 1.54) is 0 Å². The summed E-state index contributed by atoms with van der Waals surface area (Å²) in [4.78, 5) is 8.11. The van der Waals surface area contributed by atoms with Gasteiger partial charge in [0.2, 0.25) is 0 Å². The molecule has 0 unspecified atom stereocenters. The third-order valence-electron chi connectivity index (χ3n) is 2.15. The molecule has 1 aromatic rings. The first-order chi connectivity index (χ1) is 7.06. The Bertz CT molecular complexity index is 327. The number of nitrogens with two attached hydrogens (primary N) is 1. The quantitative estimate of drug-likeness (QED) is 0.741. The Balaban J connectivity index is 3.05. The molecular formula is C10H18N4O. The lowest BCUT2D eigenvalue weighted by atomic mass is 10.3. The van der Waals surface area contributed by atoms with Crippen molar-refractivity contribution < 1.29 is 5.11 Å². The summed E-state index contributed by atoms with van der Waals surface area (Å²) in [5.74, 6) is 0.822. The number of likely N-dealkylation sites (N-methyl/N-ethyl adjacent to an activating group) is 1. The standard InChI is InChI=1S/C10H18N4O/c1-13(2)9-6-8(11)7-12-10(9)14(3)4-5-15/h6-7,15H,4-5,11H2,1-3H3. The first kappa shape index (κ1) is 11.6. The Hall–Kier alpha value is -1.49. The highest BCUT2D eigenvalue weighted by molar-refractivity contribution is 5.70. The molecule has 0 bridgehead atoms. The van der Waals surface area contributed by atoms with E-state index < -0.39 is 0 Å². The molecule has 0 aliphatic carbocycles. The van der Waals surface area contributed by atoms with Gasteiger partial charge in [-0.05, 0) is 6.07 Å². The fourth-order valence-corrected chi connectivity index (χ4v) is 1.34. The summed E-state index contributed by atoms with van der Waals surface area (Å²) in [5.41, 5.74) is 7.27. The lowest BCUT2D eigenvalue weighted by Crippen LogP contribution is -2.25. The number of hydrogen-bond donors (Lipinski definition) is 2. The highest BCUT2D eigenvalue weighted by Gasteiger charge is 2.10. The molecule has 0 spiro atoms. The molecule has 1 aromatic heterocycles. The predicted molar refractivity (Wildman–Crippen MR) is 63.3 cm³/mol. The molecule has 5 nitrogen and oxygen atoms in total. The number of hydrogen-bond acceptors (Lipinski definition) is 5. The van der Waals surface area contributed by atoms with Gasteiger partial charge in [-0.1, -0.05) is 0 Å². The van der Waals surface area contributed by atoms with E-state index in [1.54, 1.807) is 6.20 Å². The van der Waals surface area contributed by atoms with Crippen molar-refractivity contribution in [2.24, 2.45) is 0 Å². The van der Waals surface area contributed by atoms with Crippen molar-refractivity contribution >= 4 is 17.2 Å². The minimum absolute atomic E-state index is 0.107. The van der Waals surface area contributed by atoms with E-state index in [-0.39, 0.29) is 6.61 Å². The lowest BCUT2D eigenvalue weighted by Gasteiger charge is -2.24. The van der Waals surface area contributed by atoms with Crippen LogP contribution in [0.5, 0.6) is 0 Å². The summed E-state index contributed by atoms with van der Waals surface area (Å²) in [6.07, 6.45) is 1.62. The van der Waals surface area contributed by atoms with Crippen LogP contribution in [0.3, 0.4) is 0 Å². The topological polar surface area (TPSA) is 65.6 Å². The molecule has 0 aromatic carbocycles. The van der Waals surface area contributed by atoms with Gasteiger partial charge in [-0.2, -0.15) is 0 Å². The van der Waals surface area contributed by atoms with Crippen LogP contribution in [0.25, 0.3) is 0 Å². The molecule has 1 heterocycles. The fraction of sp³-hybridized carbons (Fsp3) is 0.500. The van der Waals surface area contributed by atoms with Crippen LogP contribution in [-0.4, -0.2) is 44.4 Å². The zero-order valence-corrected chi connectivity index (χ0v) is 9.44. The molecule has 0 fully saturated rings. The molecular weight excluding hydrogens is 192 g/mol. The molecule has 5 heteroatoms. The number of anilines is 3. The summed E-state index contributed by atoms with van der Waals surface area (Å²) < 4.78 is 0. The van der Waals surface area contributed by atoms with Gasteiger partial charge in [0.1, 0.15) is 0 Å². The smallest absolute Gasteiger partial charge is 0.152 e. The number of rotatable bonds is 4. The Morgan fingerprint density at radius 3 is 2.60 bits per heavy atom. The number of pyridine rings is 1. The largest absolute Gasteiger partial charge is 0.397 e. The van der Waals surface area contributed by atoms with Crippen LogP contribution in [0.15, 0.2) is 12.3 Å². The molecule has 0 saturated heterocycles. The Morgan fingerprint density at radius 2 is 2.07 bits per heavy atom. The van der Waals surface area contributed by atoms with E-state index >= 15 is 0 Å². The zero-order valence-electron chi connectivity index (χ0n) is 9.44. The summed E-state index contributed by atoms with van der Waals surface area (Å²) >= 11 is 0. The minimum atomic E-state index is 0.107. The number of aliphatic hydroxyl groups is 1. The Morgan fingerprint density at radius 1 is 1.40 bits per heavy atom. The maximum Gasteiger partial charge on any atom is 0.152 e. The van der Waals surface area contributed by atoms with Crippen molar-refractivity contribution in [2.45, 2.75) is 0 Å². The summed E-state index contributed by atoms with van der Waals surface area (Å²) in [6, 6.07) is 1.87. The molecule has 0 atom stereocenters. The summed E-state index contributed by atoms with van der Waals surface area (Å²) in [5, 5.41) is 8.87. The van der Waals surface area contributed by atoms with E-state index in [4.69, 9.17) is 10.8 Å². The van der Waals surface area contributed by atoms with E-state index in [1.807, 2.05) is 37.0 Å². The van der Waals surface area contributed by atoms with Crippen LogP contribution in [0.1, 0.15) is 0 Å². The van der Waals surface area contributed by atoms with Crippen molar-refractivity contribution in [3.8, 4) is 0 Å². The van der Waals surface area contributed by atoms with E-state index in [0.29, 0.717) is 12.2 Å². The molecule has 0 aliphatic heterocycles. The molecule has 0 aliphatic rings. The van der Waals surface area contributed by atoms with Crippen molar-refractivity contribution in [3.63, 3.8) is 0 Å². The van der Waals surface area contributed by atoms with Gasteiger partial charge in [-0.3, -0.25) is 0 Å². The first-order valence-electron chi connectivity index (χ1n) is 4.81. The fourth-order valence-electron chi connectivity index (χ4n) is 1.34. The zero-order chi connectivity index (χ0) is 11.4. The van der Waals surface area contributed by atoms with Gasteiger partial charge in [0.05, 0.1) is 24.2 Å². The van der Waals surface area contributed by atoms with Crippen LogP contribution in [-0.2, 0) is 0 Å². The van der Waals surface area contributed by atoms with Crippen LogP contribution in [0.2, 0.25) is 0 Å². The third-order valence-corrected chi connectivity index (χ3v) is 2.15. The number of aromatic nitrogens is 1. The molecule has 0 saturated carbocycles. The average Bonchev–Trinajstić information content (AvgIpc) is 2.17. The van der Waals surface area contributed by atoms with Crippen molar-refractivity contribution in [1.29, 1.82) is 0 Å². The summed E-state index contributed by atoms with van der Waals surface area (Å²) in [6.45, 7) is 0.660. The monoisotopic (exact) mass is 210 g/mol. The van der Waals surface area contributed by atoms with Gasteiger partial charge in [0, 0.05) is 27.7 Å². The second-order valence-electron chi connectivity index (χ2n) is 3.65. The van der Waals surface area contributed by atoms with Gasteiger partial charge in [-0.15, -0.1) is 0 Å². The SMILES string of the molecule is CN(C)c1cc(N)cnc1N(C)CCO. The number of nitrogen functional groups attached to an aromatic ring is 1. The van der Waals surface area contributed by atoms with Crippen LogP contribution < -0.4 is 15.5 Å². The molecule has 15 heavy (non-hydrogen) atoms. The van der Waals surface area contributed by atoms with Gasteiger partial charge in [-0.25, -0.2) is 4.98 Å². The molecule has 3 N–H and O–H groups in total. The molecule has 0 radical (unpaired) electrons. The van der Waals surface area contributed by atoms with Crippen molar-refractivity contribution in [3.05, 3.63) is 12.3 Å². The molecule has 0 amide bonds. The summed E-state index contributed by atoms with van der Waals surface area (Å²) in [7, 11) is 5.77. The number of aliphatic hydroxyl groups excluding tert-OH is 1. The van der Waals surface area contributed by atoms with Gasteiger partial charge >= 0.3 is 0 Å². The Kier molecular flexibility index (Phi) is 3.74. The number of nitrogens with zero attached hydrogens (tertiary/aromatic N) is 3. The third kappa shape index (κ3) is 2.73. The average molecular weight is 210 g/mol. The highest BCUT2D eigenvalue weighted by atomic mass is 16.3. The maximum absolute atomic E-state index is 8.87. The van der Waals surface area contributed by atoms with Crippen LogP contribution in [0.4, 0.5) is 17.2 Å². The highest BCUT2D eigenvalue weighted by Crippen LogP contribution is 2.26. The maximum atomic E-state index is 8.87. The van der Waals surface area contributed by atoms with E-state index in [9.17, 15) is 0 Å². The van der Waals surface area contributed by atoms with Gasteiger partial charge < -0.3 is 20.6 Å². The second kappa shape index (κ2) is 4.84. The van der Waals surface area contributed by atoms with E-state index in [2.05, 4.69) is 4.98 Å². The van der Waals surface area contributed by atoms with Crippen molar-refractivity contribution in [1.82, 2.24) is 4.98 Å². The molecule has 1 rings (SSSR count). The molecule has 84 valence electrons. The van der Waals surface area contributed by atoms with Crippen molar-refractivity contribution in [2.75, 3.05) is 49.8 Å². The minimum Gasteiger partial charge on any atom is -0.397 e. The first-order valence-corrected chi connectivity index (χ1v) is 4.81. The van der Waals surface area contributed by atoms with Crippen LogP contribution >= 0.6 is 0 Å². The van der Waals surface area contributed by atoms with Crippen LogP contribution in [0, 0.1) is 0 Å². The second-order valence-corrected chi connectivity index (χ2v) is 3.65. The van der Waals surface area contributed by atoms with Gasteiger partial charge in [0.15, 0.2) is 5.82 Å². The lowest BCUT2D eigenvalue weighted by molar-refractivity contribution is 0.304. The normalized spacial score (nSPS) is 10.1. The Labute approximate surface area is 90.1 Å².